The number of nitrogens with zero attached hydrogens (tertiary/aromatic N) is 2. The van der Waals surface area contributed by atoms with Gasteiger partial charge in [0.1, 0.15) is 28.5 Å². The van der Waals surface area contributed by atoms with E-state index in [1.165, 1.54) is 17.7 Å². The van der Waals surface area contributed by atoms with E-state index in [2.05, 4.69) is 20.6 Å². The van der Waals surface area contributed by atoms with E-state index in [9.17, 15) is 4.79 Å². The molecule has 0 saturated heterocycles. The molecule has 0 atom stereocenters. The highest BCUT2D eigenvalue weighted by molar-refractivity contribution is 7.17. The molecule has 0 aliphatic heterocycles. The molecule has 0 saturated carbocycles. The predicted molar refractivity (Wildman–Crippen MR) is 145 cm³/mol. The number of fused-ring (bicyclic) bond motifs is 1. The molecule has 0 spiro atoms. The maximum Gasteiger partial charge on any atom is 0.255 e. The third kappa shape index (κ3) is 4.68. The molecule has 0 bridgehead atoms. The van der Waals surface area contributed by atoms with E-state index in [1.807, 2.05) is 47.8 Å². The Bertz CT molecular complexity index is 1540. The summed E-state index contributed by atoms with van der Waals surface area (Å²) in [7, 11) is 3.11. The topological polar surface area (TPSA) is 85.4 Å². The normalized spacial score (nSPS) is 10.8. The van der Waals surface area contributed by atoms with Gasteiger partial charge in [0.25, 0.3) is 5.91 Å². The summed E-state index contributed by atoms with van der Waals surface area (Å²) in [5.74, 6) is 1.35. The molecule has 0 aliphatic rings. The number of hydrogen-bond donors (Lipinski definition) is 2. The number of ether oxygens (including phenoxy) is 2. The lowest BCUT2D eigenvalue weighted by molar-refractivity contribution is 0.102. The van der Waals surface area contributed by atoms with Crippen molar-refractivity contribution >= 4 is 56.3 Å². The molecule has 0 aliphatic carbocycles. The molecule has 0 radical (unpaired) electrons. The minimum absolute atomic E-state index is 0.250. The summed E-state index contributed by atoms with van der Waals surface area (Å²) in [6.45, 7) is 0. The molecule has 2 heterocycles. The van der Waals surface area contributed by atoms with E-state index in [0.29, 0.717) is 39.3 Å². The lowest BCUT2D eigenvalue weighted by atomic mass is 10.1. The third-order valence-corrected chi connectivity index (χ3v) is 6.72. The molecule has 5 aromatic rings. The average Bonchev–Trinajstić information content (AvgIpc) is 3.35. The molecule has 2 aromatic heterocycles. The first-order chi connectivity index (χ1) is 17.6. The van der Waals surface area contributed by atoms with Gasteiger partial charge in [-0.3, -0.25) is 4.79 Å². The first kappa shape index (κ1) is 23.6. The van der Waals surface area contributed by atoms with Gasteiger partial charge in [0, 0.05) is 33.7 Å². The number of benzene rings is 3. The quantitative estimate of drug-likeness (QED) is 0.241. The smallest absolute Gasteiger partial charge is 0.255 e. The molecular formula is C27H21ClN4O3S. The first-order valence-electron chi connectivity index (χ1n) is 10.9. The van der Waals surface area contributed by atoms with E-state index in [-0.39, 0.29) is 5.91 Å². The minimum atomic E-state index is -0.250. The van der Waals surface area contributed by atoms with E-state index in [0.717, 1.165) is 21.3 Å². The van der Waals surface area contributed by atoms with Crippen molar-refractivity contribution in [1.82, 2.24) is 9.97 Å². The molecule has 36 heavy (non-hydrogen) atoms. The number of nitrogens with one attached hydrogen (secondary N) is 2. The molecular weight excluding hydrogens is 496 g/mol. The van der Waals surface area contributed by atoms with Crippen LogP contribution in [0.25, 0.3) is 21.3 Å². The van der Waals surface area contributed by atoms with Crippen LogP contribution in [0.15, 0.2) is 78.4 Å². The lowest BCUT2D eigenvalue weighted by Gasteiger charge is -2.17. The maximum atomic E-state index is 12.7. The van der Waals surface area contributed by atoms with Crippen LogP contribution >= 0.6 is 22.9 Å². The summed E-state index contributed by atoms with van der Waals surface area (Å²) in [5, 5.41) is 9.87. The predicted octanol–water partition coefficient (Wildman–Crippen LogP) is 7.02. The van der Waals surface area contributed by atoms with Crippen LogP contribution in [-0.2, 0) is 0 Å². The highest BCUT2D eigenvalue weighted by Crippen LogP contribution is 2.41. The van der Waals surface area contributed by atoms with Crippen LogP contribution in [0.2, 0.25) is 5.02 Å². The van der Waals surface area contributed by atoms with Crippen LogP contribution in [-0.4, -0.2) is 30.1 Å². The van der Waals surface area contributed by atoms with E-state index in [4.69, 9.17) is 21.1 Å². The zero-order valence-corrected chi connectivity index (χ0v) is 21.0. The summed E-state index contributed by atoms with van der Waals surface area (Å²) >= 11 is 7.62. The Kier molecular flexibility index (Phi) is 6.71. The summed E-state index contributed by atoms with van der Waals surface area (Å²) in [6.07, 6.45) is 1.52. The van der Waals surface area contributed by atoms with Crippen molar-refractivity contribution in [3.63, 3.8) is 0 Å². The fourth-order valence-electron chi connectivity index (χ4n) is 3.82. The number of rotatable bonds is 7. The van der Waals surface area contributed by atoms with E-state index >= 15 is 0 Å². The molecule has 1 amide bonds. The van der Waals surface area contributed by atoms with Gasteiger partial charge in [0.2, 0.25) is 0 Å². The number of aromatic nitrogens is 2. The van der Waals surface area contributed by atoms with E-state index < -0.39 is 0 Å². The van der Waals surface area contributed by atoms with Gasteiger partial charge < -0.3 is 20.1 Å². The van der Waals surface area contributed by atoms with Crippen molar-refractivity contribution in [2.45, 2.75) is 0 Å². The van der Waals surface area contributed by atoms with Gasteiger partial charge in [0.15, 0.2) is 0 Å². The largest absolute Gasteiger partial charge is 0.494 e. The summed E-state index contributed by atoms with van der Waals surface area (Å²) < 4.78 is 11.2. The van der Waals surface area contributed by atoms with Crippen molar-refractivity contribution < 1.29 is 14.3 Å². The van der Waals surface area contributed by atoms with Crippen LogP contribution in [0.5, 0.6) is 11.5 Å². The van der Waals surface area contributed by atoms with Crippen LogP contribution < -0.4 is 20.1 Å². The fourth-order valence-corrected chi connectivity index (χ4v) is 4.86. The number of halogens is 1. The van der Waals surface area contributed by atoms with Gasteiger partial charge in [-0.05, 0) is 29.8 Å². The van der Waals surface area contributed by atoms with Gasteiger partial charge in [-0.1, -0.05) is 41.9 Å². The van der Waals surface area contributed by atoms with Crippen molar-refractivity contribution in [1.29, 1.82) is 0 Å². The molecule has 0 fully saturated rings. The third-order valence-electron chi connectivity index (χ3n) is 5.58. The molecule has 3 aromatic carbocycles. The Morgan fingerprint density at radius 3 is 2.33 bits per heavy atom. The number of anilines is 3. The number of carbonyl (C=O) groups excluding carboxylic acids is 1. The number of methoxy groups -OCH3 is 2. The van der Waals surface area contributed by atoms with Crippen molar-refractivity contribution in [3.8, 4) is 22.6 Å². The number of thiophene rings is 1. The van der Waals surface area contributed by atoms with Gasteiger partial charge in [-0.2, -0.15) is 0 Å². The Hall–Kier alpha value is -4.14. The second-order valence-corrected chi connectivity index (χ2v) is 9.05. The highest BCUT2D eigenvalue weighted by Gasteiger charge is 2.18. The van der Waals surface area contributed by atoms with Gasteiger partial charge in [-0.25, -0.2) is 9.97 Å². The first-order valence-corrected chi connectivity index (χ1v) is 12.2. The van der Waals surface area contributed by atoms with Crippen LogP contribution in [0.1, 0.15) is 10.4 Å². The number of amides is 1. The van der Waals surface area contributed by atoms with E-state index in [1.54, 1.807) is 38.5 Å². The average molecular weight is 517 g/mol. The molecule has 7 nitrogen and oxygen atoms in total. The second kappa shape index (κ2) is 10.2. The van der Waals surface area contributed by atoms with Gasteiger partial charge in [0.05, 0.1) is 31.0 Å². The van der Waals surface area contributed by atoms with Crippen LogP contribution in [0.3, 0.4) is 0 Å². The van der Waals surface area contributed by atoms with Crippen molar-refractivity contribution in [3.05, 3.63) is 89.0 Å². The molecule has 9 heteroatoms. The number of hydrogen-bond acceptors (Lipinski definition) is 7. The Balaban J connectivity index is 1.52. The standard InChI is InChI=1S/C27H21ClN4O3S/c1-34-22-13-21(32-26(33)17-6-4-3-5-7-17)23(35-2)12-20(22)31-25-24-19(14-36-27(24)30-15-29-25)16-8-10-18(28)11-9-16/h3-15H,1-2H3,(H,32,33)(H,29,30,31). The fraction of sp³-hybridized carbons (Fsp3) is 0.0741. The lowest BCUT2D eigenvalue weighted by Crippen LogP contribution is -2.13. The van der Waals surface area contributed by atoms with Gasteiger partial charge in [-0.15, -0.1) is 11.3 Å². The van der Waals surface area contributed by atoms with Crippen molar-refractivity contribution in [2.75, 3.05) is 24.9 Å². The van der Waals surface area contributed by atoms with Crippen LogP contribution in [0, 0.1) is 0 Å². The minimum Gasteiger partial charge on any atom is -0.494 e. The summed E-state index contributed by atoms with van der Waals surface area (Å²) in [4.78, 5) is 22.5. The Labute approximate surface area is 216 Å². The zero-order valence-electron chi connectivity index (χ0n) is 19.4. The molecule has 5 rings (SSSR count). The molecule has 180 valence electrons. The Morgan fingerprint density at radius 2 is 1.61 bits per heavy atom. The molecule has 2 N–H and O–H groups in total. The Morgan fingerprint density at radius 1 is 0.917 bits per heavy atom. The SMILES string of the molecule is COc1cc(Nc2ncnc3scc(-c4ccc(Cl)cc4)c23)c(OC)cc1NC(=O)c1ccccc1. The highest BCUT2D eigenvalue weighted by atomic mass is 35.5. The van der Waals surface area contributed by atoms with Crippen molar-refractivity contribution in [2.24, 2.45) is 0 Å². The second-order valence-electron chi connectivity index (χ2n) is 7.76. The molecule has 0 unspecified atom stereocenters. The van der Waals surface area contributed by atoms with Crippen LogP contribution in [0.4, 0.5) is 17.2 Å². The van der Waals surface area contributed by atoms with Gasteiger partial charge >= 0.3 is 0 Å². The summed E-state index contributed by atoms with van der Waals surface area (Å²) in [6, 6.07) is 20.1. The maximum absolute atomic E-state index is 12.7. The number of carbonyl (C=O) groups is 1. The zero-order chi connectivity index (χ0) is 25.1. The summed E-state index contributed by atoms with van der Waals surface area (Å²) in [5.41, 5.74) is 3.65. The monoisotopic (exact) mass is 516 g/mol.